The lowest BCUT2D eigenvalue weighted by Gasteiger charge is -2.37. The van der Waals surface area contributed by atoms with Gasteiger partial charge in [-0.1, -0.05) is 46.9 Å². The minimum Gasteiger partial charge on any atom is -0.470 e. The number of hydrogen-bond acceptors (Lipinski definition) is 7. The van der Waals surface area contributed by atoms with Gasteiger partial charge in [0.05, 0.1) is 52.1 Å². The van der Waals surface area contributed by atoms with E-state index in [-0.39, 0.29) is 44.3 Å². The molecule has 0 aliphatic carbocycles. The van der Waals surface area contributed by atoms with Crippen LogP contribution in [0.3, 0.4) is 0 Å². The molecule has 0 radical (unpaired) electrons. The highest BCUT2D eigenvalue weighted by Gasteiger charge is 2.37. The van der Waals surface area contributed by atoms with Gasteiger partial charge in [0, 0.05) is 24.7 Å². The van der Waals surface area contributed by atoms with Crippen molar-refractivity contribution in [1.82, 2.24) is 9.88 Å². The number of pyridine rings is 1. The zero-order chi connectivity index (χ0) is 26.9. The van der Waals surface area contributed by atoms with Crippen molar-refractivity contribution in [3.8, 4) is 5.88 Å². The van der Waals surface area contributed by atoms with E-state index in [0.29, 0.717) is 24.8 Å². The Hall–Kier alpha value is -2.60. The number of hydrogen-bond donors (Lipinski definition) is 1. The minimum absolute atomic E-state index is 0.0280. The third kappa shape index (κ3) is 5.70. The molecule has 2 aliphatic heterocycles. The van der Waals surface area contributed by atoms with Crippen LogP contribution in [0.25, 0.3) is 0 Å². The van der Waals surface area contributed by atoms with Gasteiger partial charge in [0.25, 0.3) is 15.9 Å². The van der Waals surface area contributed by atoms with Crippen LogP contribution in [0.1, 0.15) is 10.4 Å². The normalized spacial score (nSPS) is 18.0. The largest absolute Gasteiger partial charge is 0.470 e. The highest BCUT2D eigenvalue weighted by Crippen LogP contribution is 2.38. The summed E-state index contributed by atoms with van der Waals surface area (Å²) in [6.07, 6.45) is 0.910. The molecule has 1 atom stereocenters. The average Bonchev–Trinajstić information content (AvgIpc) is 2.89. The minimum atomic E-state index is -4.05. The molecular formula is C25H23Cl3N4O5S. The first kappa shape index (κ1) is 27.0. The highest BCUT2D eigenvalue weighted by molar-refractivity contribution is 7.92. The summed E-state index contributed by atoms with van der Waals surface area (Å²) in [5.41, 5.74) is 0.524. The Bertz CT molecular complexity index is 1450. The molecule has 3 heterocycles. The number of halogens is 3. The van der Waals surface area contributed by atoms with Gasteiger partial charge in [0.1, 0.15) is 11.8 Å². The van der Waals surface area contributed by atoms with Gasteiger partial charge in [-0.3, -0.25) is 14.0 Å². The molecule has 0 saturated carbocycles. The summed E-state index contributed by atoms with van der Waals surface area (Å²) in [6.45, 7) is 3.17. The Morgan fingerprint density at radius 1 is 1.05 bits per heavy atom. The fourth-order valence-electron chi connectivity index (χ4n) is 4.31. The summed E-state index contributed by atoms with van der Waals surface area (Å²) in [7, 11) is -4.05. The maximum Gasteiger partial charge on any atom is 0.264 e. The molecule has 13 heteroatoms. The van der Waals surface area contributed by atoms with Crippen LogP contribution in [0.15, 0.2) is 59.6 Å². The predicted molar refractivity (Wildman–Crippen MR) is 146 cm³/mol. The number of nitrogens with one attached hydrogen (secondary N) is 1. The number of fused-ring (bicyclic) bond motifs is 1. The number of morpholine rings is 1. The third-order valence-corrected chi connectivity index (χ3v) is 8.79. The molecule has 1 amide bonds. The van der Waals surface area contributed by atoms with Gasteiger partial charge in [-0.05, 0) is 36.4 Å². The first-order chi connectivity index (χ1) is 18.2. The van der Waals surface area contributed by atoms with E-state index in [4.69, 9.17) is 44.3 Å². The van der Waals surface area contributed by atoms with Gasteiger partial charge in [-0.25, -0.2) is 13.4 Å². The smallest absolute Gasteiger partial charge is 0.264 e. The van der Waals surface area contributed by atoms with Crippen molar-refractivity contribution in [2.24, 2.45) is 0 Å². The second-order valence-electron chi connectivity index (χ2n) is 8.75. The van der Waals surface area contributed by atoms with E-state index in [1.807, 2.05) is 0 Å². The van der Waals surface area contributed by atoms with E-state index in [1.165, 1.54) is 28.7 Å². The summed E-state index contributed by atoms with van der Waals surface area (Å²) < 4.78 is 40.4. The second kappa shape index (κ2) is 11.3. The number of nitrogens with zero attached hydrogens (tertiary/aromatic N) is 3. The number of rotatable bonds is 6. The summed E-state index contributed by atoms with van der Waals surface area (Å²) in [5, 5.41) is 3.35. The number of benzene rings is 2. The number of sulfonamides is 1. The zero-order valence-corrected chi connectivity index (χ0v) is 23.0. The first-order valence-corrected chi connectivity index (χ1v) is 14.3. The lowest BCUT2D eigenvalue weighted by atomic mass is 10.2. The fourth-order valence-corrected chi connectivity index (χ4v) is 6.67. The molecular weight excluding hydrogens is 575 g/mol. The summed E-state index contributed by atoms with van der Waals surface area (Å²) in [6, 6.07) is 12.3. The molecule has 1 fully saturated rings. The van der Waals surface area contributed by atoms with Crippen LogP contribution in [-0.4, -0.2) is 69.7 Å². The monoisotopic (exact) mass is 596 g/mol. The Morgan fingerprint density at radius 2 is 1.76 bits per heavy atom. The van der Waals surface area contributed by atoms with E-state index >= 15 is 0 Å². The average molecular weight is 598 g/mol. The van der Waals surface area contributed by atoms with Crippen molar-refractivity contribution < 1.29 is 22.7 Å². The Balaban J connectivity index is 1.49. The maximum atomic E-state index is 13.8. The van der Waals surface area contributed by atoms with Gasteiger partial charge < -0.3 is 14.8 Å². The van der Waals surface area contributed by atoms with Crippen LogP contribution in [0.5, 0.6) is 5.88 Å². The van der Waals surface area contributed by atoms with Gasteiger partial charge >= 0.3 is 0 Å². The molecule has 2 aromatic carbocycles. The van der Waals surface area contributed by atoms with E-state index in [1.54, 1.807) is 30.3 Å². The first-order valence-electron chi connectivity index (χ1n) is 11.7. The standard InChI is InChI=1S/C25H23Cl3N4O5S/c26-16-3-1-4-19(11-16)38(34,35)32-15-18(14-31-7-9-36-10-8-31)37-25-22(32)12-17(13-29-25)30-24(33)23-20(27)5-2-6-21(23)28/h1-6,11-13,18H,7-10,14-15H2,(H,30,33)/t18-/m0/s1. The summed E-state index contributed by atoms with van der Waals surface area (Å²) >= 11 is 18.5. The zero-order valence-electron chi connectivity index (χ0n) is 19.9. The number of carbonyl (C=O) groups excluding carboxylic acids is 1. The maximum absolute atomic E-state index is 13.8. The molecule has 9 nitrogen and oxygen atoms in total. The van der Waals surface area contributed by atoms with Crippen LogP contribution in [0, 0.1) is 0 Å². The molecule has 0 bridgehead atoms. The fraction of sp³-hybridized carbons (Fsp3) is 0.280. The van der Waals surface area contributed by atoms with Gasteiger partial charge in [-0.15, -0.1) is 0 Å². The third-order valence-electron chi connectivity index (χ3n) is 6.15. The van der Waals surface area contributed by atoms with E-state index in [9.17, 15) is 13.2 Å². The lowest BCUT2D eigenvalue weighted by molar-refractivity contribution is 0.0190. The number of anilines is 2. The lowest BCUT2D eigenvalue weighted by Crippen LogP contribution is -2.50. The molecule has 0 spiro atoms. The highest BCUT2D eigenvalue weighted by atomic mass is 35.5. The number of amides is 1. The van der Waals surface area contributed by atoms with Gasteiger partial charge in [0.15, 0.2) is 0 Å². The van der Waals surface area contributed by atoms with Crippen LogP contribution in [0.4, 0.5) is 11.4 Å². The topological polar surface area (TPSA) is 101 Å². The van der Waals surface area contributed by atoms with Crippen molar-refractivity contribution in [2.45, 2.75) is 11.0 Å². The summed E-state index contributed by atoms with van der Waals surface area (Å²) in [4.78, 5) is 19.5. The molecule has 3 aromatic rings. The molecule has 1 saturated heterocycles. The van der Waals surface area contributed by atoms with Crippen molar-refractivity contribution in [1.29, 1.82) is 0 Å². The van der Waals surface area contributed by atoms with E-state index in [2.05, 4.69) is 15.2 Å². The molecule has 1 aromatic heterocycles. The SMILES string of the molecule is O=C(Nc1cnc2c(c1)N(S(=O)(=O)c1cccc(Cl)c1)C[C@H](CN1CCOCC1)O2)c1c(Cl)cccc1Cl. The van der Waals surface area contributed by atoms with Crippen molar-refractivity contribution in [2.75, 3.05) is 49.0 Å². The predicted octanol–water partition coefficient (Wildman–Crippen LogP) is 4.58. The van der Waals surface area contributed by atoms with Crippen LogP contribution in [-0.2, 0) is 14.8 Å². The number of aromatic nitrogens is 1. The number of carbonyl (C=O) groups is 1. The second-order valence-corrected chi connectivity index (χ2v) is 11.9. The molecule has 1 N–H and O–H groups in total. The van der Waals surface area contributed by atoms with Crippen molar-refractivity contribution >= 4 is 62.1 Å². The van der Waals surface area contributed by atoms with Gasteiger partial charge in [-0.2, -0.15) is 0 Å². The van der Waals surface area contributed by atoms with Gasteiger partial charge in [0.2, 0.25) is 5.88 Å². The van der Waals surface area contributed by atoms with E-state index in [0.717, 1.165) is 13.1 Å². The van der Waals surface area contributed by atoms with Crippen LogP contribution >= 0.6 is 34.8 Å². The Labute approximate surface area is 235 Å². The van der Waals surface area contributed by atoms with Crippen molar-refractivity contribution in [3.05, 3.63) is 75.4 Å². The molecule has 38 heavy (non-hydrogen) atoms. The van der Waals surface area contributed by atoms with Crippen LogP contribution in [0.2, 0.25) is 15.1 Å². The van der Waals surface area contributed by atoms with E-state index < -0.39 is 22.0 Å². The molecule has 200 valence electrons. The number of ether oxygens (including phenoxy) is 2. The summed E-state index contributed by atoms with van der Waals surface area (Å²) in [5.74, 6) is -0.428. The quantitative estimate of drug-likeness (QED) is 0.444. The molecule has 2 aliphatic rings. The molecule has 0 unspecified atom stereocenters. The van der Waals surface area contributed by atoms with Crippen molar-refractivity contribution in [3.63, 3.8) is 0 Å². The molecule has 5 rings (SSSR count). The Kier molecular flexibility index (Phi) is 7.99. The van der Waals surface area contributed by atoms with Crippen LogP contribution < -0.4 is 14.4 Å². The Morgan fingerprint density at radius 3 is 2.47 bits per heavy atom.